The lowest BCUT2D eigenvalue weighted by Crippen LogP contribution is -2.06. The summed E-state index contributed by atoms with van der Waals surface area (Å²) in [6, 6.07) is 26.2. The first-order valence-corrected chi connectivity index (χ1v) is 7.97. The van der Waals surface area contributed by atoms with Crippen molar-refractivity contribution in [1.82, 2.24) is 0 Å². The van der Waals surface area contributed by atoms with Crippen LogP contribution in [0.4, 0.5) is 0 Å². The molecule has 0 aliphatic heterocycles. The predicted octanol–water partition coefficient (Wildman–Crippen LogP) is 4.54. The highest BCUT2D eigenvalue weighted by Gasteiger charge is 2.09. The number of benzene rings is 3. The molecule has 0 aliphatic rings. The van der Waals surface area contributed by atoms with Gasteiger partial charge in [-0.25, -0.2) is 0 Å². The van der Waals surface area contributed by atoms with Gasteiger partial charge < -0.3 is 0 Å². The van der Waals surface area contributed by atoms with Crippen LogP contribution in [0.2, 0.25) is 0 Å². The van der Waals surface area contributed by atoms with Gasteiger partial charge in [0, 0.05) is 24.0 Å². The maximum atomic E-state index is 12.3. The average molecular weight is 314 g/mol. The topological polar surface area (TPSA) is 34.1 Å². The molecule has 0 aromatic heterocycles. The zero-order valence-electron chi connectivity index (χ0n) is 13.3. The van der Waals surface area contributed by atoms with Crippen molar-refractivity contribution in [3.63, 3.8) is 0 Å². The molecule has 24 heavy (non-hydrogen) atoms. The summed E-state index contributed by atoms with van der Waals surface area (Å²) < 4.78 is 0. The minimum Gasteiger partial charge on any atom is -0.294 e. The molecule has 0 saturated carbocycles. The second-order valence-corrected chi connectivity index (χ2v) is 5.75. The number of hydrogen-bond donors (Lipinski definition) is 0. The number of carbonyl (C=O) groups is 2. The summed E-state index contributed by atoms with van der Waals surface area (Å²) in [6.45, 7) is 0. The summed E-state index contributed by atoms with van der Waals surface area (Å²) in [7, 11) is 0. The number of carbonyl (C=O) groups excluding carboxylic acids is 2. The summed E-state index contributed by atoms with van der Waals surface area (Å²) in [5.74, 6) is 0.171. The van der Waals surface area contributed by atoms with E-state index in [-0.39, 0.29) is 11.6 Å². The summed E-state index contributed by atoms with van der Waals surface area (Å²) in [6.07, 6.45) is 0.689. The standard InChI is InChI=1S/C22H18O2/c23-21(19-10-3-1-4-11-19)15-17-8-7-9-18(14-17)16-22(24)20-12-5-2-6-13-20/h1-14H,15-16H2. The molecule has 118 valence electrons. The number of ketones is 2. The summed E-state index contributed by atoms with van der Waals surface area (Å²) in [5, 5.41) is 0. The predicted molar refractivity (Wildman–Crippen MR) is 95.4 cm³/mol. The lowest BCUT2D eigenvalue weighted by Gasteiger charge is -2.05. The van der Waals surface area contributed by atoms with E-state index in [1.807, 2.05) is 84.9 Å². The van der Waals surface area contributed by atoms with Crippen molar-refractivity contribution in [2.75, 3.05) is 0 Å². The second-order valence-electron chi connectivity index (χ2n) is 5.75. The third-order valence-corrected chi connectivity index (χ3v) is 3.91. The van der Waals surface area contributed by atoms with Crippen LogP contribution in [0.25, 0.3) is 0 Å². The van der Waals surface area contributed by atoms with Gasteiger partial charge in [-0.3, -0.25) is 9.59 Å². The highest BCUT2D eigenvalue weighted by molar-refractivity contribution is 5.98. The van der Waals surface area contributed by atoms with Crippen molar-refractivity contribution in [2.45, 2.75) is 12.8 Å². The first-order chi connectivity index (χ1) is 11.7. The Hall–Kier alpha value is -3.00. The molecule has 0 fully saturated rings. The van der Waals surface area contributed by atoms with E-state index < -0.39 is 0 Å². The Kier molecular flexibility index (Phi) is 4.97. The minimum absolute atomic E-state index is 0.0853. The SMILES string of the molecule is O=C(Cc1cccc(CC(=O)c2ccccc2)c1)c1ccccc1. The number of Topliss-reactive ketones (excluding diaryl/α,β-unsaturated/α-hetero) is 2. The van der Waals surface area contributed by atoms with Crippen LogP contribution in [0, 0.1) is 0 Å². The smallest absolute Gasteiger partial charge is 0.167 e. The molecule has 2 heteroatoms. The normalized spacial score (nSPS) is 10.3. The van der Waals surface area contributed by atoms with Crippen molar-refractivity contribution >= 4 is 11.6 Å². The molecule has 2 nitrogen and oxygen atoms in total. The van der Waals surface area contributed by atoms with Crippen LogP contribution in [0.3, 0.4) is 0 Å². The Bertz CT molecular complexity index is 767. The molecule has 0 bridgehead atoms. The Balaban J connectivity index is 1.70. The zero-order chi connectivity index (χ0) is 16.8. The first-order valence-electron chi connectivity index (χ1n) is 7.97. The van der Waals surface area contributed by atoms with E-state index in [1.54, 1.807) is 0 Å². The Labute approximate surface area is 141 Å². The molecule has 0 N–H and O–H groups in total. The molecule has 0 unspecified atom stereocenters. The van der Waals surface area contributed by atoms with Gasteiger partial charge >= 0.3 is 0 Å². The van der Waals surface area contributed by atoms with Crippen LogP contribution in [-0.2, 0) is 12.8 Å². The highest BCUT2D eigenvalue weighted by Crippen LogP contribution is 2.13. The van der Waals surface area contributed by atoms with E-state index in [9.17, 15) is 9.59 Å². The van der Waals surface area contributed by atoms with E-state index in [0.717, 1.165) is 11.1 Å². The maximum absolute atomic E-state index is 12.3. The third-order valence-electron chi connectivity index (χ3n) is 3.91. The van der Waals surface area contributed by atoms with Crippen LogP contribution < -0.4 is 0 Å². The van der Waals surface area contributed by atoms with Gasteiger partial charge in [0.2, 0.25) is 0 Å². The van der Waals surface area contributed by atoms with Gasteiger partial charge in [-0.05, 0) is 11.1 Å². The van der Waals surface area contributed by atoms with Gasteiger partial charge in [-0.2, -0.15) is 0 Å². The first kappa shape index (κ1) is 15.9. The van der Waals surface area contributed by atoms with Crippen molar-refractivity contribution in [3.8, 4) is 0 Å². The van der Waals surface area contributed by atoms with E-state index in [2.05, 4.69) is 0 Å². The van der Waals surface area contributed by atoms with E-state index >= 15 is 0 Å². The molecule has 0 saturated heterocycles. The Morgan fingerprint density at radius 2 is 0.958 bits per heavy atom. The fourth-order valence-electron chi connectivity index (χ4n) is 2.67. The van der Waals surface area contributed by atoms with Crippen molar-refractivity contribution in [2.24, 2.45) is 0 Å². The number of rotatable bonds is 6. The summed E-state index contributed by atoms with van der Waals surface area (Å²) >= 11 is 0. The lowest BCUT2D eigenvalue weighted by atomic mass is 9.98. The number of hydrogen-bond acceptors (Lipinski definition) is 2. The molecule has 3 aromatic rings. The van der Waals surface area contributed by atoms with Gasteiger partial charge in [0.25, 0.3) is 0 Å². The third kappa shape index (κ3) is 4.05. The molecule has 0 atom stereocenters. The molecular weight excluding hydrogens is 296 g/mol. The van der Waals surface area contributed by atoms with Gasteiger partial charge in [0.1, 0.15) is 0 Å². The van der Waals surface area contributed by atoms with Gasteiger partial charge in [-0.1, -0.05) is 84.9 Å². The van der Waals surface area contributed by atoms with Crippen molar-refractivity contribution < 1.29 is 9.59 Å². The summed E-state index contributed by atoms with van der Waals surface area (Å²) in [5.41, 5.74) is 3.29. The maximum Gasteiger partial charge on any atom is 0.167 e. The van der Waals surface area contributed by atoms with Crippen LogP contribution >= 0.6 is 0 Å². The van der Waals surface area contributed by atoms with E-state index in [1.165, 1.54) is 0 Å². The minimum atomic E-state index is 0.0853. The fourth-order valence-corrected chi connectivity index (χ4v) is 2.67. The van der Waals surface area contributed by atoms with Gasteiger partial charge in [-0.15, -0.1) is 0 Å². The largest absolute Gasteiger partial charge is 0.294 e. The second kappa shape index (κ2) is 7.51. The Morgan fingerprint density at radius 1 is 0.542 bits per heavy atom. The Morgan fingerprint density at radius 3 is 1.38 bits per heavy atom. The molecule has 0 aliphatic carbocycles. The van der Waals surface area contributed by atoms with Gasteiger partial charge in [0.05, 0.1) is 0 Å². The lowest BCUT2D eigenvalue weighted by molar-refractivity contribution is 0.0986. The molecule has 0 heterocycles. The molecule has 0 amide bonds. The monoisotopic (exact) mass is 314 g/mol. The molecular formula is C22H18O2. The van der Waals surface area contributed by atoms with Crippen molar-refractivity contribution in [1.29, 1.82) is 0 Å². The molecule has 0 spiro atoms. The zero-order valence-corrected chi connectivity index (χ0v) is 13.3. The molecule has 3 aromatic carbocycles. The average Bonchev–Trinajstić information content (AvgIpc) is 2.63. The van der Waals surface area contributed by atoms with Gasteiger partial charge in [0.15, 0.2) is 11.6 Å². The van der Waals surface area contributed by atoms with Crippen molar-refractivity contribution in [3.05, 3.63) is 107 Å². The molecule has 0 radical (unpaired) electrons. The van der Waals surface area contributed by atoms with Crippen LogP contribution in [0.15, 0.2) is 84.9 Å². The van der Waals surface area contributed by atoms with Crippen LogP contribution in [0.5, 0.6) is 0 Å². The quantitative estimate of drug-likeness (QED) is 0.626. The highest BCUT2D eigenvalue weighted by atomic mass is 16.1. The van der Waals surface area contributed by atoms with E-state index in [0.29, 0.717) is 24.0 Å². The van der Waals surface area contributed by atoms with Crippen LogP contribution in [-0.4, -0.2) is 11.6 Å². The molecule has 3 rings (SSSR count). The fraction of sp³-hybridized carbons (Fsp3) is 0.0909. The van der Waals surface area contributed by atoms with Crippen LogP contribution in [0.1, 0.15) is 31.8 Å². The summed E-state index contributed by atoms with van der Waals surface area (Å²) in [4.78, 5) is 24.6. The van der Waals surface area contributed by atoms with E-state index in [4.69, 9.17) is 0 Å².